The number of rotatable bonds is 4. The molecule has 0 radical (unpaired) electrons. The number of hydrogen-bond donors (Lipinski definition) is 1. The lowest BCUT2D eigenvalue weighted by molar-refractivity contribution is -0.139. The van der Waals surface area contributed by atoms with Crippen LogP contribution in [-0.4, -0.2) is 42.6 Å². The Hall–Kier alpha value is -3.02. The molecule has 6 nitrogen and oxygen atoms in total. The Morgan fingerprint density at radius 2 is 1.73 bits per heavy atom. The average Bonchev–Trinajstić information content (AvgIpc) is 2.66. The molecule has 0 saturated heterocycles. The van der Waals surface area contributed by atoms with E-state index in [2.05, 4.69) is 0 Å². The normalized spacial score (nSPS) is 16.0. The highest BCUT2D eigenvalue weighted by molar-refractivity contribution is 5.96. The topological polar surface area (TPSA) is 76.1 Å². The minimum Gasteiger partial charge on any atom is -0.496 e. The summed E-state index contributed by atoms with van der Waals surface area (Å²) < 4.78 is 10.7. The zero-order valence-electron chi connectivity index (χ0n) is 15.0. The number of aliphatic carboxylic acids is 1. The Balaban J connectivity index is 1.97. The van der Waals surface area contributed by atoms with Gasteiger partial charge >= 0.3 is 5.97 Å². The molecule has 0 aliphatic carbocycles. The molecule has 0 bridgehead atoms. The maximum Gasteiger partial charge on any atom is 0.312 e. The molecule has 1 aliphatic heterocycles. The van der Waals surface area contributed by atoms with Gasteiger partial charge in [-0.05, 0) is 30.2 Å². The monoisotopic (exact) mass is 355 g/mol. The van der Waals surface area contributed by atoms with Gasteiger partial charge in [-0.1, -0.05) is 24.3 Å². The first-order chi connectivity index (χ1) is 12.5. The van der Waals surface area contributed by atoms with Crippen LogP contribution in [0.15, 0.2) is 36.4 Å². The quantitative estimate of drug-likeness (QED) is 0.913. The second-order valence-corrected chi connectivity index (χ2v) is 6.28. The first kappa shape index (κ1) is 17.8. The molecule has 2 aromatic rings. The number of ether oxygens (including phenoxy) is 2. The third kappa shape index (κ3) is 3.10. The van der Waals surface area contributed by atoms with Crippen LogP contribution in [0.25, 0.3) is 0 Å². The lowest BCUT2D eigenvalue weighted by Crippen LogP contribution is -2.40. The number of fused-ring (bicyclic) bond motifs is 1. The molecule has 6 heteroatoms. The SMILES string of the molecule is COc1cc(C(=O)N2Cc3ccccc3C(C(=O)O)C2)cc(OC)c1C. The van der Waals surface area contributed by atoms with Gasteiger partial charge in [-0.25, -0.2) is 0 Å². The summed E-state index contributed by atoms with van der Waals surface area (Å²) in [4.78, 5) is 26.3. The van der Waals surface area contributed by atoms with E-state index in [1.807, 2.05) is 31.2 Å². The summed E-state index contributed by atoms with van der Waals surface area (Å²) in [6, 6.07) is 10.7. The van der Waals surface area contributed by atoms with Crippen molar-refractivity contribution in [1.82, 2.24) is 4.90 Å². The van der Waals surface area contributed by atoms with Crippen LogP contribution >= 0.6 is 0 Å². The number of benzene rings is 2. The van der Waals surface area contributed by atoms with Gasteiger partial charge in [0.25, 0.3) is 5.91 Å². The van der Waals surface area contributed by atoms with Gasteiger partial charge in [0.1, 0.15) is 11.5 Å². The van der Waals surface area contributed by atoms with Crippen molar-refractivity contribution in [2.24, 2.45) is 0 Å². The molecule has 0 fully saturated rings. The maximum atomic E-state index is 13.0. The standard InChI is InChI=1S/C20H21NO5/c1-12-17(25-2)8-14(9-18(12)26-3)19(22)21-10-13-6-4-5-7-15(13)16(11-21)20(23)24/h4-9,16H,10-11H2,1-3H3,(H,23,24). The molecule has 1 aliphatic rings. The number of carbonyl (C=O) groups is 2. The lowest BCUT2D eigenvalue weighted by atomic mass is 9.89. The maximum absolute atomic E-state index is 13.0. The first-order valence-electron chi connectivity index (χ1n) is 8.28. The zero-order valence-corrected chi connectivity index (χ0v) is 15.0. The Morgan fingerprint density at radius 3 is 2.31 bits per heavy atom. The number of carboxylic acid groups (broad SMARTS) is 1. The minimum absolute atomic E-state index is 0.129. The summed E-state index contributed by atoms with van der Waals surface area (Å²) in [6.07, 6.45) is 0. The highest BCUT2D eigenvalue weighted by Gasteiger charge is 2.33. The molecular weight excluding hydrogens is 334 g/mol. The van der Waals surface area contributed by atoms with Crippen LogP contribution in [0.5, 0.6) is 11.5 Å². The number of carbonyl (C=O) groups excluding carboxylic acids is 1. The lowest BCUT2D eigenvalue weighted by Gasteiger charge is -2.33. The summed E-state index contributed by atoms with van der Waals surface area (Å²) >= 11 is 0. The van der Waals surface area contributed by atoms with Gasteiger partial charge < -0.3 is 19.5 Å². The number of hydrogen-bond acceptors (Lipinski definition) is 4. The van der Waals surface area contributed by atoms with E-state index in [0.29, 0.717) is 23.6 Å². The summed E-state index contributed by atoms with van der Waals surface area (Å²) in [5, 5.41) is 9.58. The number of methoxy groups -OCH3 is 2. The van der Waals surface area contributed by atoms with Gasteiger partial charge in [0.15, 0.2) is 0 Å². The van der Waals surface area contributed by atoms with Gasteiger partial charge in [0, 0.05) is 24.2 Å². The highest BCUT2D eigenvalue weighted by Crippen LogP contribution is 2.33. The fourth-order valence-electron chi connectivity index (χ4n) is 3.37. The van der Waals surface area contributed by atoms with Gasteiger partial charge in [0.2, 0.25) is 0 Å². The largest absolute Gasteiger partial charge is 0.496 e. The van der Waals surface area contributed by atoms with Gasteiger partial charge in [-0.2, -0.15) is 0 Å². The van der Waals surface area contributed by atoms with Gasteiger partial charge in [-0.15, -0.1) is 0 Å². The fourth-order valence-corrected chi connectivity index (χ4v) is 3.37. The fraction of sp³-hybridized carbons (Fsp3) is 0.300. The zero-order chi connectivity index (χ0) is 18.8. The third-order valence-electron chi connectivity index (χ3n) is 4.78. The summed E-state index contributed by atoms with van der Waals surface area (Å²) in [5.41, 5.74) is 2.83. The van der Waals surface area contributed by atoms with E-state index in [0.717, 1.165) is 16.7 Å². The van der Waals surface area contributed by atoms with E-state index in [-0.39, 0.29) is 12.5 Å². The Labute approximate surface area is 152 Å². The molecule has 0 aromatic heterocycles. The van der Waals surface area contributed by atoms with E-state index < -0.39 is 11.9 Å². The van der Waals surface area contributed by atoms with Gasteiger partial charge in [0.05, 0.1) is 20.1 Å². The van der Waals surface area contributed by atoms with Crippen molar-refractivity contribution in [1.29, 1.82) is 0 Å². The molecule has 3 rings (SSSR count). The van der Waals surface area contributed by atoms with Crippen LogP contribution in [0.4, 0.5) is 0 Å². The molecule has 1 atom stereocenters. The predicted molar refractivity (Wildman–Crippen MR) is 95.8 cm³/mol. The molecule has 1 heterocycles. The Kier molecular flexibility index (Phi) is 4.84. The summed E-state index contributed by atoms with van der Waals surface area (Å²) in [6.45, 7) is 2.35. The number of nitrogens with zero attached hydrogens (tertiary/aromatic N) is 1. The molecule has 1 N–H and O–H groups in total. The smallest absolute Gasteiger partial charge is 0.312 e. The van der Waals surface area contributed by atoms with Crippen molar-refractivity contribution in [3.05, 3.63) is 58.7 Å². The molecular formula is C20H21NO5. The van der Waals surface area contributed by atoms with Crippen LogP contribution in [0.3, 0.4) is 0 Å². The second kappa shape index (κ2) is 7.07. The van der Waals surface area contributed by atoms with Crippen LogP contribution in [0.1, 0.15) is 33.0 Å². The van der Waals surface area contributed by atoms with E-state index >= 15 is 0 Å². The van der Waals surface area contributed by atoms with E-state index in [1.54, 1.807) is 17.0 Å². The molecule has 2 aromatic carbocycles. The first-order valence-corrected chi connectivity index (χ1v) is 8.28. The molecule has 1 unspecified atom stereocenters. The van der Waals surface area contributed by atoms with E-state index in [1.165, 1.54) is 14.2 Å². The van der Waals surface area contributed by atoms with Crippen molar-refractivity contribution < 1.29 is 24.2 Å². The van der Waals surface area contributed by atoms with Crippen LogP contribution in [0, 0.1) is 6.92 Å². The second-order valence-electron chi connectivity index (χ2n) is 6.28. The third-order valence-corrected chi connectivity index (χ3v) is 4.78. The molecule has 136 valence electrons. The van der Waals surface area contributed by atoms with E-state index in [4.69, 9.17) is 9.47 Å². The van der Waals surface area contributed by atoms with Crippen molar-refractivity contribution in [2.45, 2.75) is 19.4 Å². The highest BCUT2D eigenvalue weighted by atomic mass is 16.5. The molecule has 26 heavy (non-hydrogen) atoms. The van der Waals surface area contributed by atoms with Crippen LogP contribution in [0.2, 0.25) is 0 Å². The molecule has 0 saturated carbocycles. The predicted octanol–water partition coefficient (Wildman–Crippen LogP) is 2.84. The van der Waals surface area contributed by atoms with E-state index in [9.17, 15) is 14.7 Å². The number of amides is 1. The Bertz CT molecular complexity index is 836. The van der Waals surface area contributed by atoms with Crippen molar-refractivity contribution in [2.75, 3.05) is 20.8 Å². The van der Waals surface area contributed by atoms with Crippen LogP contribution in [-0.2, 0) is 11.3 Å². The van der Waals surface area contributed by atoms with Gasteiger partial charge in [-0.3, -0.25) is 9.59 Å². The minimum atomic E-state index is -0.936. The van der Waals surface area contributed by atoms with Crippen molar-refractivity contribution in [3.63, 3.8) is 0 Å². The summed E-state index contributed by atoms with van der Waals surface area (Å²) in [5.74, 6) is -0.811. The van der Waals surface area contributed by atoms with Crippen molar-refractivity contribution in [3.8, 4) is 11.5 Å². The van der Waals surface area contributed by atoms with Crippen molar-refractivity contribution >= 4 is 11.9 Å². The van der Waals surface area contributed by atoms with Crippen LogP contribution < -0.4 is 9.47 Å². The molecule has 0 spiro atoms. The average molecular weight is 355 g/mol. The summed E-state index contributed by atoms with van der Waals surface area (Å²) in [7, 11) is 3.07. The molecule has 1 amide bonds. The Morgan fingerprint density at radius 1 is 1.12 bits per heavy atom. The number of carboxylic acids is 1.